The van der Waals surface area contributed by atoms with Crippen LogP contribution in [0.15, 0.2) is 53.9 Å². The summed E-state index contributed by atoms with van der Waals surface area (Å²) < 4.78 is 28.5. The molecule has 0 aliphatic heterocycles. The third-order valence-electron chi connectivity index (χ3n) is 4.00. The summed E-state index contributed by atoms with van der Waals surface area (Å²) >= 11 is 1.25. The van der Waals surface area contributed by atoms with Crippen LogP contribution < -0.4 is 0 Å². The molecule has 3 aromatic rings. The number of hydrogen-bond acceptors (Lipinski definition) is 4. The molecule has 0 bridgehead atoms. The lowest BCUT2D eigenvalue weighted by Crippen LogP contribution is -2.28. The van der Waals surface area contributed by atoms with Crippen molar-refractivity contribution in [2.45, 2.75) is 18.6 Å². The van der Waals surface area contributed by atoms with Crippen LogP contribution in [0.4, 0.5) is 8.78 Å². The molecule has 0 aliphatic carbocycles. The maximum Gasteiger partial charge on any atom is 0.233 e. The molecule has 0 aliphatic rings. The summed E-state index contributed by atoms with van der Waals surface area (Å²) in [5, 5.41) is 8.56. The van der Waals surface area contributed by atoms with Crippen LogP contribution in [-0.2, 0) is 11.3 Å². The lowest BCUT2D eigenvalue weighted by atomic mass is 10.2. The number of rotatable bonds is 6. The highest BCUT2D eigenvalue weighted by Crippen LogP contribution is 2.20. The highest BCUT2D eigenvalue weighted by atomic mass is 32.2. The van der Waals surface area contributed by atoms with Gasteiger partial charge in [0.05, 0.1) is 5.75 Å². The van der Waals surface area contributed by atoms with Gasteiger partial charge in [0.25, 0.3) is 0 Å². The Bertz CT molecular complexity index is 943. The number of carbonyl (C=O) groups is 1. The van der Waals surface area contributed by atoms with Crippen LogP contribution in [0.5, 0.6) is 0 Å². The number of aromatic nitrogens is 3. The molecule has 1 amide bonds. The van der Waals surface area contributed by atoms with Crippen LogP contribution in [0.3, 0.4) is 0 Å². The normalized spacial score (nSPS) is 10.8. The lowest BCUT2D eigenvalue weighted by molar-refractivity contribution is -0.127. The van der Waals surface area contributed by atoms with Crippen LogP contribution in [0, 0.1) is 18.6 Å². The van der Waals surface area contributed by atoms with Gasteiger partial charge in [-0.2, -0.15) is 0 Å². The van der Waals surface area contributed by atoms with Crippen molar-refractivity contribution in [1.29, 1.82) is 0 Å². The molecule has 0 unspecified atom stereocenters. The molecule has 0 spiro atoms. The van der Waals surface area contributed by atoms with E-state index in [2.05, 4.69) is 10.2 Å². The van der Waals surface area contributed by atoms with E-state index < -0.39 is 11.6 Å². The molecule has 1 aromatic heterocycles. The lowest BCUT2D eigenvalue weighted by Gasteiger charge is -2.17. The number of amides is 1. The topological polar surface area (TPSA) is 51.0 Å². The Hall–Kier alpha value is -2.74. The van der Waals surface area contributed by atoms with Crippen molar-refractivity contribution >= 4 is 17.7 Å². The average Bonchev–Trinajstić information content (AvgIpc) is 3.11. The molecule has 8 heteroatoms. The van der Waals surface area contributed by atoms with E-state index in [0.717, 1.165) is 17.3 Å². The van der Waals surface area contributed by atoms with Crippen molar-refractivity contribution in [2.24, 2.45) is 0 Å². The second-order valence-electron chi connectivity index (χ2n) is 6.09. The Kier molecular flexibility index (Phi) is 5.85. The molecule has 1 heterocycles. The van der Waals surface area contributed by atoms with Crippen LogP contribution in [0.2, 0.25) is 0 Å². The molecule has 27 heavy (non-hydrogen) atoms. The molecule has 2 aromatic carbocycles. The van der Waals surface area contributed by atoms with Gasteiger partial charge in [0.2, 0.25) is 5.91 Å². The van der Waals surface area contributed by atoms with E-state index in [0.29, 0.717) is 5.16 Å². The van der Waals surface area contributed by atoms with E-state index in [-0.39, 0.29) is 23.8 Å². The molecular weight excluding hydrogens is 370 g/mol. The molecule has 0 radical (unpaired) electrons. The largest absolute Gasteiger partial charge is 0.341 e. The highest BCUT2D eigenvalue weighted by Gasteiger charge is 2.15. The predicted octanol–water partition coefficient (Wildman–Crippen LogP) is 3.60. The van der Waals surface area contributed by atoms with Gasteiger partial charge in [0, 0.05) is 30.9 Å². The van der Waals surface area contributed by atoms with Crippen LogP contribution in [0.1, 0.15) is 11.1 Å². The third kappa shape index (κ3) is 4.71. The smallest absolute Gasteiger partial charge is 0.233 e. The van der Waals surface area contributed by atoms with Crippen molar-refractivity contribution in [1.82, 2.24) is 19.7 Å². The van der Waals surface area contributed by atoms with E-state index in [1.165, 1.54) is 28.8 Å². The Morgan fingerprint density at radius 3 is 2.63 bits per heavy atom. The maximum absolute atomic E-state index is 13.7. The quantitative estimate of drug-likeness (QED) is 0.606. The predicted molar refractivity (Wildman–Crippen MR) is 99.7 cm³/mol. The minimum absolute atomic E-state index is 0.0656. The van der Waals surface area contributed by atoms with Gasteiger partial charge in [-0.1, -0.05) is 35.5 Å². The first-order valence-corrected chi connectivity index (χ1v) is 9.20. The maximum atomic E-state index is 13.7. The summed E-state index contributed by atoms with van der Waals surface area (Å²) in [6, 6.07) is 11.2. The van der Waals surface area contributed by atoms with Gasteiger partial charge in [-0.3, -0.25) is 9.36 Å². The van der Waals surface area contributed by atoms with E-state index in [1.807, 2.05) is 31.2 Å². The highest BCUT2D eigenvalue weighted by molar-refractivity contribution is 7.99. The number of carbonyl (C=O) groups excluding carboxylic acids is 1. The van der Waals surface area contributed by atoms with Crippen molar-refractivity contribution in [3.8, 4) is 5.69 Å². The summed E-state index contributed by atoms with van der Waals surface area (Å²) in [6.45, 7) is 2.07. The van der Waals surface area contributed by atoms with Crippen LogP contribution in [-0.4, -0.2) is 38.4 Å². The standard InChI is InChI=1S/C19H18F2N4OS/c1-13-3-7-16(8-4-13)25-12-22-23-19(25)27-11-18(26)24(2)10-14-5-6-15(20)9-17(14)21/h3-9,12H,10-11H2,1-2H3. The zero-order valence-corrected chi connectivity index (χ0v) is 15.7. The van der Waals surface area contributed by atoms with Crippen LogP contribution >= 0.6 is 11.8 Å². The number of benzene rings is 2. The number of halogens is 2. The zero-order valence-electron chi connectivity index (χ0n) is 14.9. The Balaban J connectivity index is 1.62. The number of nitrogens with zero attached hydrogens (tertiary/aromatic N) is 4. The summed E-state index contributed by atoms with van der Waals surface area (Å²) in [5.41, 5.74) is 2.31. The van der Waals surface area contributed by atoms with Gasteiger partial charge in [-0.25, -0.2) is 8.78 Å². The minimum Gasteiger partial charge on any atom is -0.341 e. The molecule has 140 valence electrons. The van der Waals surface area contributed by atoms with Crippen molar-refractivity contribution in [2.75, 3.05) is 12.8 Å². The van der Waals surface area contributed by atoms with E-state index in [9.17, 15) is 13.6 Å². The van der Waals surface area contributed by atoms with Gasteiger partial charge in [0.1, 0.15) is 18.0 Å². The summed E-state index contributed by atoms with van der Waals surface area (Å²) in [7, 11) is 1.58. The van der Waals surface area contributed by atoms with Gasteiger partial charge in [-0.15, -0.1) is 10.2 Å². The molecule has 3 rings (SSSR count). The van der Waals surface area contributed by atoms with Crippen molar-refractivity contribution in [3.63, 3.8) is 0 Å². The second kappa shape index (κ2) is 8.30. The molecule has 0 saturated carbocycles. The molecule has 0 saturated heterocycles. The number of aryl methyl sites for hydroxylation is 1. The first-order chi connectivity index (χ1) is 12.9. The second-order valence-corrected chi connectivity index (χ2v) is 7.04. The molecular formula is C19H18F2N4OS. The molecule has 0 N–H and O–H groups in total. The summed E-state index contributed by atoms with van der Waals surface area (Å²) in [4.78, 5) is 13.8. The average molecular weight is 388 g/mol. The fourth-order valence-corrected chi connectivity index (χ4v) is 3.30. The van der Waals surface area contributed by atoms with E-state index >= 15 is 0 Å². The van der Waals surface area contributed by atoms with Crippen molar-refractivity contribution in [3.05, 3.63) is 71.6 Å². The zero-order chi connectivity index (χ0) is 19.4. The van der Waals surface area contributed by atoms with Gasteiger partial charge in [0.15, 0.2) is 5.16 Å². The SMILES string of the molecule is Cc1ccc(-n2cnnc2SCC(=O)N(C)Cc2ccc(F)cc2F)cc1. The fraction of sp³-hybridized carbons (Fsp3) is 0.211. The van der Waals surface area contributed by atoms with E-state index in [1.54, 1.807) is 17.9 Å². The first-order valence-electron chi connectivity index (χ1n) is 8.22. The van der Waals surface area contributed by atoms with Crippen LogP contribution in [0.25, 0.3) is 5.69 Å². The Morgan fingerprint density at radius 2 is 1.93 bits per heavy atom. The Morgan fingerprint density at radius 1 is 1.19 bits per heavy atom. The molecule has 5 nitrogen and oxygen atoms in total. The summed E-state index contributed by atoms with van der Waals surface area (Å²) in [5.74, 6) is -1.37. The third-order valence-corrected chi connectivity index (χ3v) is 4.93. The monoisotopic (exact) mass is 388 g/mol. The van der Waals surface area contributed by atoms with Gasteiger partial charge in [-0.05, 0) is 25.1 Å². The minimum atomic E-state index is -0.665. The van der Waals surface area contributed by atoms with E-state index in [4.69, 9.17) is 0 Å². The van der Waals surface area contributed by atoms with Gasteiger partial charge < -0.3 is 4.90 Å². The molecule has 0 fully saturated rings. The number of thioether (sulfide) groups is 1. The number of hydrogen-bond donors (Lipinski definition) is 0. The molecule has 0 atom stereocenters. The first kappa shape index (κ1) is 19.0. The summed E-state index contributed by atoms with van der Waals surface area (Å²) in [6.07, 6.45) is 1.59. The van der Waals surface area contributed by atoms with Crippen molar-refractivity contribution < 1.29 is 13.6 Å². The fourth-order valence-electron chi connectivity index (χ4n) is 2.44. The van der Waals surface area contributed by atoms with Gasteiger partial charge >= 0.3 is 0 Å². The Labute approximate surface area is 160 Å².